The van der Waals surface area contributed by atoms with E-state index in [1.807, 2.05) is 47.5 Å². The van der Waals surface area contributed by atoms with Crippen LogP contribution in [0.25, 0.3) is 0 Å². The molecule has 3 heterocycles. The van der Waals surface area contributed by atoms with Gasteiger partial charge < -0.3 is 4.90 Å². The van der Waals surface area contributed by atoms with Gasteiger partial charge in [0.15, 0.2) is 0 Å². The van der Waals surface area contributed by atoms with Gasteiger partial charge in [-0.2, -0.15) is 0 Å². The summed E-state index contributed by atoms with van der Waals surface area (Å²) in [7, 11) is 0. The molecule has 24 heavy (non-hydrogen) atoms. The highest BCUT2D eigenvalue weighted by atomic mass is 16.2. The zero-order valence-corrected chi connectivity index (χ0v) is 13.7. The third-order valence-electron chi connectivity index (χ3n) is 5.03. The smallest absolute Gasteiger partial charge is 0.242 e. The molecule has 2 aromatic rings. The molecule has 2 N–H and O–H groups in total. The lowest BCUT2D eigenvalue weighted by molar-refractivity contribution is -0.130. The fraction of sp³-hybridized carbons (Fsp3) is 0.368. The first-order valence-electron chi connectivity index (χ1n) is 8.58. The summed E-state index contributed by atoms with van der Waals surface area (Å²) in [5, 5.41) is 0. The minimum absolute atomic E-state index is 0.00337. The van der Waals surface area contributed by atoms with Crippen LogP contribution in [-0.2, 0) is 4.79 Å². The molecule has 1 aromatic carbocycles. The van der Waals surface area contributed by atoms with Gasteiger partial charge in [-0.25, -0.2) is 10.9 Å². The summed E-state index contributed by atoms with van der Waals surface area (Å²) in [5.41, 5.74) is 8.75. The molecular weight excluding hydrogens is 300 g/mol. The van der Waals surface area contributed by atoms with Gasteiger partial charge in [-0.3, -0.25) is 9.78 Å². The van der Waals surface area contributed by atoms with Crippen molar-refractivity contribution in [1.29, 1.82) is 0 Å². The monoisotopic (exact) mass is 322 g/mol. The molecule has 1 amide bonds. The van der Waals surface area contributed by atoms with E-state index in [0.29, 0.717) is 0 Å². The van der Waals surface area contributed by atoms with Crippen molar-refractivity contribution < 1.29 is 4.79 Å². The Morgan fingerprint density at radius 2 is 1.79 bits per heavy atom. The molecule has 0 saturated carbocycles. The third kappa shape index (κ3) is 2.41. The molecule has 0 aliphatic carbocycles. The van der Waals surface area contributed by atoms with Gasteiger partial charge in [-0.05, 0) is 24.1 Å². The predicted octanol–water partition coefficient (Wildman–Crippen LogP) is 2.21. The van der Waals surface area contributed by atoms with Crippen molar-refractivity contribution in [2.24, 2.45) is 5.92 Å². The SMILES string of the molecule is CCCN1C(=O)C2NNC(c3ccccc3)C2C1c1ccccn1. The van der Waals surface area contributed by atoms with Crippen molar-refractivity contribution >= 4 is 5.91 Å². The molecule has 4 rings (SSSR count). The first-order chi connectivity index (χ1) is 11.8. The number of nitrogens with zero attached hydrogens (tertiary/aromatic N) is 2. The van der Waals surface area contributed by atoms with E-state index in [9.17, 15) is 4.79 Å². The number of hydrogen-bond donors (Lipinski definition) is 2. The number of carbonyl (C=O) groups is 1. The van der Waals surface area contributed by atoms with Gasteiger partial charge in [-0.15, -0.1) is 0 Å². The van der Waals surface area contributed by atoms with E-state index in [1.54, 1.807) is 0 Å². The second-order valence-corrected chi connectivity index (χ2v) is 6.46. The third-order valence-corrected chi connectivity index (χ3v) is 5.03. The highest BCUT2D eigenvalue weighted by Crippen LogP contribution is 2.46. The van der Waals surface area contributed by atoms with Crippen molar-refractivity contribution in [3.8, 4) is 0 Å². The summed E-state index contributed by atoms with van der Waals surface area (Å²) < 4.78 is 0. The minimum Gasteiger partial charge on any atom is -0.332 e. The standard InChI is InChI=1S/C19H22N4O/c1-2-12-23-18(14-10-6-7-11-20-14)15-16(13-8-4-3-5-9-13)21-22-17(15)19(23)24/h3-11,15-18,21-22H,2,12H2,1H3. The average molecular weight is 322 g/mol. The van der Waals surface area contributed by atoms with Crippen LogP contribution in [0, 0.1) is 5.92 Å². The molecule has 2 aliphatic rings. The van der Waals surface area contributed by atoms with Gasteiger partial charge in [-0.1, -0.05) is 43.3 Å². The quantitative estimate of drug-likeness (QED) is 0.906. The fourth-order valence-corrected chi connectivity index (χ4v) is 4.04. The second kappa shape index (κ2) is 6.34. The van der Waals surface area contributed by atoms with Crippen LogP contribution in [0.4, 0.5) is 0 Å². The lowest BCUT2D eigenvalue weighted by Crippen LogP contribution is -2.41. The van der Waals surface area contributed by atoms with Crippen molar-refractivity contribution in [2.45, 2.75) is 31.5 Å². The molecule has 4 atom stereocenters. The summed E-state index contributed by atoms with van der Waals surface area (Å²) in [6.45, 7) is 2.87. The minimum atomic E-state index is -0.200. The molecular formula is C19H22N4O. The fourth-order valence-electron chi connectivity index (χ4n) is 4.04. The van der Waals surface area contributed by atoms with E-state index in [-0.39, 0.29) is 30.0 Å². The van der Waals surface area contributed by atoms with Crippen LogP contribution >= 0.6 is 0 Å². The number of hydrazine groups is 1. The molecule has 2 fully saturated rings. The second-order valence-electron chi connectivity index (χ2n) is 6.46. The van der Waals surface area contributed by atoms with Crippen LogP contribution in [0.2, 0.25) is 0 Å². The van der Waals surface area contributed by atoms with Gasteiger partial charge in [0, 0.05) is 18.7 Å². The average Bonchev–Trinajstić information content (AvgIpc) is 3.17. The molecule has 0 radical (unpaired) electrons. The van der Waals surface area contributed by atoms with Crippen molar-refractivity contribution in [2.75, 3.05) is 6.54 Å². The lowest BCUT2D eigenvalue weighted by atomic mass is 9.85. The molecule has 5 heteroatoms. The zero-order chi connectivity index (χ0) is 16.5. The van der Waals surface area contributed by atoms with E-state index >= 15 is 0 Å². The number of pyridine rings is 1. The molecule has 5 nitrogen and oxygen atoms in total. The Kier molecular flexibility index (Phi) is 4.04. The van der Waals surface area contributed by atoms with Crippen LogP contribution in [0.5, 0.6) is 0 Å². The van der Waals surface area contributed by atoms with Crippen LogP contribution in [-0.4, -0.2) is 28.4 Å². The Morgan fingerprint density at radius 3 is 2.50 bits per heavy atom. The Balaban J connectivity index is 1.76. The number of hydrogen-bond acceptors (Lipinski definition) is 4. The molecule has 2 aliphatic heterocycles. The summed E-state index contributed by atoms with van der Waals surface area (Å²) in [6, 6.07) is 16.2. The largest absolute Gasteiger partial charge is 0.332 e. The maximum Gasteiger partial charge on any atom is 0.242 e. The van der Waals surface area contributed by atoms with E-state index in [1.165, 1.54) is 5.56 Å². The maximum absolute atomic E-state index is 12.9. The Labute approximate surface area is 142 Å². The highest BCUT2D eigenvalue weighted by Gasteiger charge is 2.55. The van der Waals surface area contributed by atoms with Gasteiger partial charge in [0.05, 0.1) is 17.8 Å². The van der Waals surface area contributed by atoms with E-state index in [2.05, 4.69) is 34.9 Å². The van der Waals surface area contributed by atoms with Crippen LogP contribution in [0.15, 0.2) is 54.7 Å². The van der Waals surface area contributed by atoms with Crippen LogP contribution in [0.1, 0.15) is 36.7 Å². The normalized spacial score (nSPS) is 29.0. The summed E-state index contributed by atoms with van der Waals surface area (Å²) in [5.74, 6) is 0.296. The lowest BCUT2D eigenvalue weighted by Gasteiger charge is -2.30. The number of rotatable bonds is 4. The van der Waals surface area contributed by atoms with E-state index in [0.717, 1.165) is 18.7 Å². The molecule has 4 unspecified atom stereocenters. The number of benzene rings is 1. The number of carbonyl (C=O) groups excluding carboxylic acids is 1. The highest BCUT2D eigenvalue weighted by molar-refractivity contribution is 5.86. The predicted molar refractivity (Wildman–Crippen MR) is 91.7 cm³/mol. The van der Waals surface area contributed by atoms with Gasteiger partial charge in [0.1, 0.15) is 6.04 Å². The maximum atomic E-state index is 12.9. The molecule has 2 saturated heterocycles. The van der Waals surface area contributed by atoms with Crippen molar-refractivity contribution in [3.63, 3.8) is 0 Å². The number of likely N-dealkylation sites (tertiary alicyclic amines) is 1. The van der Waals surface area contributed by atoms with Gasteiger partial charge in [0.25, 0.3) is 0 Å². The molecule has 0 bridgehead atoms. The van der Waals surface area contributed by atoms with Crippen molar-refractivity contribution in [1.82, 2.24) is 20.7 Å². The van der Waals surface area contributed by atoms with Crippen LogP contribution in [0.3, 0.4) is 0 Å². The Morgan fingerprint density at radius 1 is 1.04 bits per heavy atom. The topological polar surface area (TPSA) is 57.3 Å². The van der Waals surface area contributed by atoms with Crippen molar-refractivity contribution in [3.05, 3.63) is 66.0 Å². The number of fused-ring (bicyclic) bond motifs is 1. The first kappa shape index (κ1) is 15.3. The molecule has 124 valence electrons. The Bertz CT molecular complexity index is 706. The number of amides is 1. The number of aromatic nitrogens is 1. The van der Waals surface area contributed by atoms with Crippen LogP contribution < -0.4 is 10.9 Å². The van der Waals surface area contributed by atoms with Gasteiger partial charge >= 0.3 is 0 Å². The molecule has 0 spiro atoms. The summed E-state index contributed by atoms with van der Waals surface area (Å²) >= 11 is 0. The summed E-state index contributed by atoms with van der Waals surface area (Å²) in [4.78, 5) is 19.5. The van der Waals surface area contributed by atoms with Gasteiger partial charge in [0.2, 0.25) is 5.91 Å². The zero-order valence-electron chi connectivity index (χ0n) is 13.7. The number of nitrogens with one attached hydrogen (secondary N) is 2. The molecule has 1 aromatic heterocycles. The van der Waals surface area contributed by atoms with E-state index in [4.69, 9.17) is 0 Å². The Hall–Kier alpha value is -2.24. The summed E-state index contributed by atoms with van der Waals surface area (Å²) in [6.07, 6.45) is 2.75. The van der Waals surface area contributed by atoms with E-state index < -0.39 is 0 Å². The first-order valence-corrected chi connectivity index (χ1v) is 8.58.